The monoisotopic (exact) mass is 259 g/mol. The molecule has 0 saturated carbocycles. The molecule has 1 atom stereocenters. The second kappa shape index (κ2) is 5.17. The molecule has 102 valence electrons. The predicted octanol–water partition coefficient (Wildman–Crippen LogP) is 1.62. The summed E-state index contributed by atoms with van der Waals surface area (Å²) in [7, 11) is 0. The molecule has 0 aromatic carbocycles. The van der Waals surface area contributed by atoms with Crippen molar-refractivity contribution in [3.8, 4) is 0 Å². The first-order valence-electron chi connectivity index (χ1n) is 7.07. The highest BCUT2D eigenvalue weighted by Gasteiger charge is 2.24. The van der Waals surface area contributed by atoms with Crippen molar-refractivity contribution < 1.29 is 0 Å². The van der Waals surface area contributed by atoms with Gasteiger partial charge in [-0.15, -0.1) is 0 Å². The van der Waals surface area contributed by atoms with Crippen molar-refractivity contribution in [1.82, 2.24) is 19.9 Å². The summed E-state index contributed by atoms with van der Waals surface area (Å²) in [5.41, 5.74) is 2.17. The van der Waals surface area contributed by atoms with E-state index in [2.05, 4.69) is 46.3 Å². The third kappa shape index (κ3) is 2.30. The highest BCUT2D eigenvalue weighted by atomic mass is 15.4. The number of fused-ring (bicyclic) bond motifs is 1. The molecule has 1 saturated heterocycles. The van der Waals surface area contributed by atoms with E-state index in [1.807, 2.05) is 4.52 Å². The van der Waals surface area contributed by atoms with Crippen molar-refractivity contribution >= 4 is 11.5 Å². The number of aryl methyl sites for hydroxylation is 1. The normalized spacial score (nSPS) is 19.2. The third-order valence-corrected chi connectivity index (χ3v) is 3.74. The Morgan fingerprint density at radius 3 is 3.11 bits per heavy atom. The predicted molar refractivity (Wildman–Crippen MR) is 76.6 cm³/mol. The van der Waals surface area contributed by atoms with Crippen LogP contribution in [0, 0.1) is 6.92 Å². The second-order valence-electron chi connectivity index (χ2n) is 5.26. The number of anilines is 1. The Balaban J connectivity index is 2.05. The number of rotatable bonds is 4. The molecule has 19 heavy (non-hydrogen) atoms. The molecule has 0 bridgehead atoms. The number of pyridine rings is 1. The number of aromatic nitrogens is 3. The van der Waals surface area contributed by atoms with E-state index in [1.54, 1.807) is 6.33 Å². The zero-order chi connectivity index (χ0) is 13.2. The summed E-state index contributed by atoms with van der Waals surface area (Å²) in [5, 5.41) is 7.83. The van der Waals surface area contributed by atoms with Crippen LogP contribution in [0.2, 0.25) is 0 Å². The number of hydrogen-bond donors (Lipinski definition) is 1. The molecule has 5 heteroatoms. The number of nitrogens with one attached hydrogen (secondary N) is 1. The van der Waals surface area contributed by atoms with E-state index in [0.29, 0.717) is 6.04 Å². The Labute approximate surface area is 113 Å². The van der Waals surface area contributed by atoms with Crippen LogP contribution in [0.15, 0.2) is 18.5 Å². The van der Waals surface area contributed by atoms with Crippen molar-refractivity contribution in [2.24, 2.45) is 0 Å². The molecular weight excluding hydrogens is 238 g/mol. The molecule has 1 unspecified atom stereocenters. The van der Waals surface area contributed by atoms with E-state index in [9.17, 15) is 0 Å². The minimum atomic E-state index is 0.564. The maximum absolute atomic E-state index is 4.38. The van der Waals surface area contributed by atoms with Gasteiger partial charge in [0.05, 0.1) is 0 Å². The zero-order valence-electron chi connectivity index (χ0n) is 11.6. The Hall–Kier alpha value is -1.62. The molecule has 0 radical (unpaired) electrons. The number of hydrogen-bond acceptors (Lipinski definition) is 4. The van der Waals surface area contributed by atoms with Crippen LogP contribution in [-0.4, -0.2) is 40.3 Å². The Morgan fingerprint density at radius 1 is 1.47 bits per heavy atom. The highest BCUT2D eigenvalue weighted by Crippen LogP contribution is 2.22. The Morgan fingerprint density at radius 2 is 2.37 bits per heavy atom. The minimum absolute atomic E-state index is 0.564. The third-order valence-electron chi connectivity index (χ3n) is 3.74. The molecule has 0 amide bonds. The molecule has 1 aliphatic heterocycles. The standard InChI is InChI=1S/C14H21N5/c1-3-6-18(12-4-5-15-9-12)14-8-11(2)7-13-16-10-17-19(13)14/h7-8,10,12,15H,3-6,9H2,1-2H3. The fourth-order valence-electron chi connectivity index (χ4n) is 2.87. The summed E-state index contributed by atoms with van der Waals surface area (Å²) in [6, 6.07) is 4.86. The van der Waals surface area contributed by atoms with E-state index in [4.69, 9.17) is 0 Å². The van der Waals surface area contributed by atoms with Crippen LogP contribution in [0.1, 0.15) is 25.3 Å². The van der Waals surface area contributed by atoms with Crippen LogP contribution in [0.4, 0.5) is 5.82 Å². The van der Waals surface area contributed by atoms with Crippen LogP contribution in [0.5, 0.6) is 0 Å². The highest BCUT2D eigenvalue weighted by molar-refractivity contribution is 5.53. The summed E-state index contributed by atoms with van der Waals surface area (Å²) >= 11 is 0. The van der Waals surface area contributed by atoms with Gasteiger partial charge in [0.15, 0.2) is 5.65 Å². The van der Waals surface area contributed by atoms with Crippen LogP contribution in [-0.2, 0) is 0 Å². The maximum atomic E-state index is 4.38. The largest absolute Gasteiger partial charge is 0.352 e. The lowest BCUT2D eigenvalue weighted by atomic mass is 10.2. The zero-order valence-corrected chi connectivity index (χ0v) is 11.6. The summed E-state index contributed by atoms with van der Waals surface area (Å²) in [6.07, 6.45) is 3.97. The van der Waals surface area contributed by atoms with Crippen LogP contribution in [0.3, 0.4) is 0 Å². The van der Waals surface area contributed by atoms with Crippen molar-refractivity contribution in [3.63, 3.8) is 0 Å². The first kappa shape index (κ1) is 12.4. The van der Waals surface area contributed by atoms with Gasteiger partial charge in [0.2, 0.25) is 0 Å². The van der Waals surface area contributed by atoms with Crippen molar-refractivity contribution in [2.45, 2.75) is 32.7 Å². The lowest BCUT2D eigenvalue weighted by molar-refractivity contribution is 0.609. The van der Waals surface area contributed by atoms with Gasteiger partial charge in [0.25, 0.3) is 0 Å². The summed E-state index contributed by atoms with van der Waals surface area (Å²) in [4.78, 5) is 6.80. The van der Waals surface area contributed by atoms with Gasteiger partial charge in [-0.2, -0.15) is 9.61 Å². The molecule has 0 spiro atoms. The van der Waals surface area contributed by atoms with Crippen molar-refractivity contribution in [2.75, 3.05) is 24.5 Å². The molecule has 1 aliphatic rings. The quantitative estimate of drug-likeness (QED) is 0.906. The molecule has 5 nitrogen and oxygen atoms in total. The van der Waals surface area contributed by atoms with Gasteiger partial charge in [-0.25, -0.2) is 4.98 Å². The molecule has 2 aromatic rings. The van der Waals surface area contributed by atoms with Crippen molar-refractivity contribution in [3.05, 3.63) is 24.0 Å². The smallest absolute Gasteiger partial charge is 0.157 e. The van der Waals surface area contributed by atoms with E-state index in [0.717, 1.165) is 31.7 Å². The summed E-state index contributed by atoms with van der Waals surface area (Å²) in [5.74, 6) is 1.17. The van der Waals surface area contributed by atoms with Crippen LogP contribution in [0.25, 0.3) is 5.65 Å². The van der Waals surface area contributed by atoms with Gasteiger partial charge in [0, 0.05) is 19.1 Å². The van der Waals surface area contributed by atoms with Gasteiger partial charge in [-0.1, -0.05) is 6.92 Å². The van der Waals surface area contributed by atoms with Crippen LogP contribution < -0.4 is 10.2 Å². The molecule has 2 aromatic heterocycles. The SMILES string of the molecule is CCCN(c1cc(C)cc2ncnn12)C1CCNC1. The van der Waals surface area contributed by atoms with E-state index in [-0.39, 0.29) is 0 Å². The van der Waals surface area contributed by atoms with Gasteiger partial charge < -0.3 is 10.2 Å². The molecule has 3 heterocycles. The first-order valence-corrected chi connectivity index (χ1v) is 7.07. The lowest BCUT2D eigenvalue weighted by Gasteiger charge is -2.30. The molecular formula is C14H21N5. The molecule has 1 N–H and O–H groups in total. The average molecular weight is 259 g/mol. The average Bonchev–Trinajstić information content (AvgIpc) is 3.05. The first-order chi connectivity index (χ1) is 9.29. The summed E-state index contributed by atoms with van der Waals surface area (Å²) in [6.45, 7) is 7.57. The topological polar surface area (TPSA) is 45.5 Å². The van der Waals surface area contributed by atoms with Gasteiger partial charge >= 0.3 is 0 Å². The fraction of sp³-hybridized carbons (Fsp3) is 0.571. The fourth-order valence-corrected chi connectivity index (χ4v) is 2.87. The van der Waals surface area contributed by atoms with E-state index in [1.165, 1.54) is 17.8 Å². The summed E-state index contributed by atoms with van der Waals surface area (Å²) < 4.78 is 1.96. The van der Waals surface area contributed by atoms with E-state index < -0.39 is 0 Å². The molecule has 0 aliphatic carbocycles. The van der Waals surface area contributed by atoms with E-state index >= 15 is 0 Å². The van der Waals surface area contributed by atoms with Gasteiger partial charge in [-0.05, 0) is 44.0 Å². The molecule has 3 rings (SSSR count). The second-order valence-corrected chi connectivity index (χ2v) is 5.26. The van der Waals surface area contributed by atoms with Crippen LogP contribution >= 0.6 is 0 Å². The minimum Gasteiger partial charge on any atom is -0.352 e. The Bertz CT molecular complexity index is 556. The molecule has 1 fully saturated rings. The maximum Gasteiger partial charge on any atom is 0.157 e. The van der Waals surface area contributed by atoms with Crippen molar-refractivity contribution in [1.29, 1.82) is 0 Å². The van der Waals surface area contributed by atoms with Gasteiger partial charge in [-0.3, -0.25) is 0 Å². The Kier molecular flexibility index (Phi) is 3.38. The van der Waals surface area contributed by atoms with Gasteiger partial charge in [0.1, 0.15) is 12.1 Å². The number of nitrogens with zero attached hydrogens (tertiary/aromatic N) is 4. The lowest BCUT2D eigenvalue weighted by Crippen LogP contribution is -2.38.